The highest BCUT2D eigenvalue weighted by atomic mass is 35.5. The van der Waals surface area contributed by atoms with Gasteiger partial charge in [0.2, 0.25) is 0 Å². The fraction of sp³-hybridized carbons (Fsp3) is 0.158. The molecule has 128 valence electrons. The smallest absolute Gasteiger partial charge is 0.264 e. The number of nitrogens with one attached hydrogen (secondary N) is 1. The molecule has 0 bridgehead atoms. The van der Waals surface area contributed by atoms with E-state index in [9.17, 15) is 4.79 Å². The van der Waals surface area contributed by atoms with Crippen molar-refractivity contribution in [2.75, 3.05) is 19.0 Å². The standard InChI is InChI=1S/C19H18ClN3OS/c1-12-15(20)5-4-6-16(12)21-19-22-18(24)17(25-19)11-13-7-9-14(10-8-13)23(2)3/h4-11H,1-3H3,(H,21,22,24)/b17-11-. The van der Waals surface area contributed by atoms with Crippen molar-refractivity contribution in [2.24, 2.45) is 4.99 Å². The summed E-state index contributed by atoms with van der Waals surface area (Å²) in [6.45, 7) is 1.91. The van der Waals surface area contributed by atoms with Crippen molar-refractivity contribution >= 4 is 51.9 Å². The van der Waals surface area contributed by atoms with E-state index >= 15 is 0 Å². The molecule has 1 fully saturated rings. The zero-order chi connectivity index (χ0) is 18.0. The average molecular weight is 372 g/mol. The Labute approximate surface area is 156 Å². The fourth-order valence-corrected chi connectivity index (χ4v) is 3.33. The molecule has 0 radical (unpaired) electrons. The first kappa shape index (κ1) is 17.6. The summed E-state index contributed by atoms with van der Waals surface area (Å²) in [5, 5.41) is 4.03. The van der Waals surface area contributed by atoms with Crippen LogP contribution in [0.5, 0.6) is 0 Å². The molecule has 0 saturated carbocycles. The highest BCUT2D eigenvalue weighted by Crippen LogP contribution is 2.31. The van der Waals surface area contributed by atoms with E-state index in [1.807, 2.05) is 74.5 Å². The highest BCUT2D eigenvalue weighted by Gasteiger charge is 2.24. The molecule has 0 spiro atoms. The van der Waals surface area contributed by atoms with Gasteiger partial charge in [-0.15, -0.1) is 0 Å². The minimum atomic E-state index is -0.139. The Balaban J connectivity index is 1.82. The van der Waals surface area contributed by atoms with Crippen LogP contribution >= 0.6 is 23.4 Å². The molecular formula is C19H18ClN3OS. The Bertz CT molecular complexity index is 873. The molecule has 1 heterocycles. The van der Waals surface area contributed by atoms with Crippen LogP contribution < -0.4 is 10.2 Å². The zero-order valence-corrected chi connectivity index (χ0v) is 15.8. The van der Waals surface area contributed by atoms with Gasteiger partial charge >= 0.3 is 0 Å². The van der Waals surface area contributed by atoms with Crippen LogP contribution in [0.1, 0.15) is 11.1 Å². The maximum atomic E-state index is 12.2. The fourth-order valence-electron chi connectivity index (χ4n) is 2.33. The van der Waals surface area contributed by atoms with E-state index in [1.165, 1.54) is 11.8 Å². The number of carbonyl (C=O) groups excluding carboxylic acids is 1. The summed E-state index contributed by atoms with van der Waals surface area (Å²) in [7, 11) is 3.99. The first-order valence-electron chi connectivity index (χ1n) is 7.76. The Hall–Kier alpha value is -2.24. The number of benzene rings is 2. The number of halogens is 1. The maximum absolute atomic E-state index is 12.2. The molecule has 4 nitrogen and oxygen atoms in total. The van der Waals surface area contributed by atoms with Gasteiger partial charge in [-0.05, 0) is 60.2 Å². The molecule has 25 heavy (non-hydrogen) atoms. The number of amidine groups is 1. The Kier molecular flexibility index (Phi) is 5.16. The molecule has 0 aliphatic carbocycles. The quantitative estimate of drug-likeness (QED) is 0.801. The third-order valence-corrected chi connectivity index (χ3v) is 5.14. The molecule has 0 atom stereocenters. The lowest BCUT2D eigenvalue weighted by atomic mass is 10.2. The summed E-state index contributed by atoms with van der Waals surface area (Å²) in [5.74, 6) is -0.139. The number of anilines is 1. The van der Waals surface area contributed by atoms with Crippen molar-refractivity contribution in [1.82, 2.24) is 5.32 Å². The Morgan fingerprint density at radius 2 is 1.88 bits per heavy atom. The lowest BCUT2D eigenvalue weighted by molar-refractivity contribution is -0.115. The predicted octanol–water partition coefficient (Wildman–Crippen LogP) is 4.61. The molecule has 1 aliphatic rings. The molecule has 0 unspecified atom stereocenters. The molecule has 1 N–H and O–H groups in total. The molecule has 0 aromatic heterocycles. The molecule has 1 aliphatic heterocycles. The van der Waals surface area contributed by atoms with Crippen LogP contribution in [0.15, 0.2) is 52.4 Å². The van der Waals surface area contributed by atoms with E-state index in [0.717, 1.165) is 22.5 Å². The average Bonchev–Trinajstić information content (AvgIpc) is 2.92. The summed E-state index contributed by atoms with van der Waals surface area (Å²) >= 11 is 7.45. The van der Waals surface area contributed by atoms with E-state index < -0.39 is 0 Å². The second-order valence-corrected chi connectivity index (χ2v) is 7.29. The van der Waals surface area contributed by atoms with Gasteiger partial charge in [-0.2, -0.15) is 0 Å². The molecule has 1 saturated heterocycles. The predicted molar refractivity (Wildman–Crippen MR) is 108 cm³/mol. The topological polar surface area (TPSA) is 44.7 Å². The van der Waals surface area contributed by atoms with Crippen molar-refractivity contribution in [3.8, 4) is 0 Å². The number of thioether (sulfide) groups is 1. The van der Waals surface area contributed by atoms with Crippen LogP contribution in [0.3, 0.4) is 0 Å². The minimum Gasteiger partial charge on any atom is -0.378 e. The lowest BCUT2D eigenvalue weighted by Gasteiger charge is -2.11. The van der Waals surface area contributed by atoms with Crippen molar-refractivity contribution in [2.45, 2.75) is 6.92 Å². The molecule has 1 amide bonds. The zero-order valence-electron chi connectivity index (χ0n) is 14.2. The van der Waals surface area contributed by atoms with Crippen molar-refractivity contribution in [1.29, 1.82) is 0 Å². The number of rotatable bonds is 3. The second kappa shape index (κ2) is 7.33. The largest absolute Gasteiger partial charge is 0.378 e. The molecule has 2 aromatic carbocycles. The van der Waals surface area contributed by atoms with Gasteiger partial charge in [0.25, 0.3) is 5.91 Å². The summed E-state index contributed by atoms with van der Waals surface area (Å²) in [6, 6.07) is 13.6. The van der Waals surface area contributed by atoms with Crippen molar-refractivity contribution in [3.63, 3.8) is 0 Å². The number of amides is 1. The van der Waals surface area contributed by atoms with Crippen molar-refractivity contribution in [3.05, 3.63) is 63.5 Å². The summed E-state index contributed by atoms with van der Waals surface area (Å²) in [5.41, 5.74) is 3.74. The van der Waals surface area contributed by atoms with E-state index in [4.69, 9.17) is 11.6 Å². The number of carbonyl (C=O) groups is 1. The van der Waals surface area contributed by atoms with Gasteiger partial charge in [0.1, 0.15) is 0 Å². The van der Waals surface area contributed by atoms with Gasteiger partial charge in [-0.25, -0.2) is 4.99 Å². The van der Waals surface area contributed by atoms with Crippen LogP contribution in [-0.4, -0.2) is 25.2 Å². The highest BCUT2D eigenvalue weighted by molar-refractivity contribution is 8.18. The second-order valence-electron chi connectivity index (χ2n) is 5.85. The molecule has 2 aromatic rings. The van der Waals surface area contributed by atoms with Crippen LogP contribution in [0.25, 0.3) is 6.08 Å². The SMILES string of the molecule is Cc1c(Cl)cccc1N=C1NC(=O)/C(=C/c2ccc(N(C)C)cc2)S1. The van der Waals surface area contributed by atoms with E-state index in [-0.39, 0.29) is 5.91 Å². The van der Waals surface area contributed by atoms with Crippen LogP contribution in [0.4, 0.5) is 11.4 Å². The minimum absolute atomic E-state index is 0.139. The summed E-state index contributed by atoms with van der Waals surface area (Å²) in [4.78, 5) is 19.4. The van der Waals surface area contributed by atoms with Crippen LogP contribution in [0, 0.1) is 6.92 Å². The first-order valence-corrected chi connectivity index (χ1v) is 8.95. The number of hydrogen-bond acceptors (Lipinski definition) is 4. The third kappa shape index (κ3) is 4.06. The number of hydrogen-bond donors (Lipinski definition) is 1. The molecule has 3 rings (SSSR count). The van der Waals surface area contributed by atoms with Crippen LogP contribution in [0.2, 0.25) is 5.02 Å². The van der Waals surface area contributed by atoms with E-state index in [1.54, 1.807) is 0 Å². The monoisotopic (exact) mass is 371 g/mol. The summed E-state index contributed by atoms with van der Waals surface area (Å²) < 4.78 is 0. The summed E-state index contributed by atoms with van der Waals surface area (Å²) in [6.07, 6.45) is 1.87. The third-order valence-electron chi connectivity index (χ3n) is 3.82. The maximum Gasteiger partial charge on any atom is 0.264 e. The van der Waals surface area contributed by atoms with Crippen LogP contribution in [-0.2, 0) is 4.79 Å². The molecule has 6 heteroatoms. The Morgan fingerprint density at radius 3 is 2.56 bits per heavy atom. The lowest BCUT2D eigenvalue weighted by Crippen LogP contribution is -2.19. The van der Waals surface area contributed by atoms with Crippen molar-refractivity contribution < 1.29 is 4.79 Å². The van der Waals surface area contributed by atoms with Gasteiger partial charge in [0, 0.05) is 24.8 Å². The van der Waals surface area contributed by atoms with Gasteiger partial charge in [0.05, 0.1) is 10.6 Å². The number of nitrogens with zero attached hydrogens (tertiary/aromatic N) is 2. The molecular weight excluding hydrogens is 354 g/mol. The Morgan fingerprint density at radius 1 is 1.16 bits per heavy atom. The normalized spacial score (nSPS) is 17.2. The van der Waals surface area contributed by atoms with Gasteiger partial charge < -0.3 is 10.2 Å². The van der Waals surface area contributed by atoms with E-state index in [2.05, 4.69) is 10.3 Å². The van der Waals surface area contributed by atoms with Gasteiger partial charge in [-0.1, -0.05) is 29.8 Å². The number of aliphatic imine (C=N–C) groups is 1. The van der Waals surface area contributed by atoms with E-state index in [0.29, 0.717) is 15.1 Å². The van der Waals surface area contributed by atoms with Gasteiger partial charge in [-0.3, -0.25) is 4.79 Å². The first-order chi connectivity index (χ1) is 11.9. The van der Waals surface area contributed by atoms with Gasteiger partial charge in [0.15, 0.2) is 5.17 Å².